The Labute approximate surface area is 143 Å². The van der Waals surface area contributed by atoms with Gasteiger partial charge in [0.1, 0.15) is 24.4 Å². The van der Waals surface area contributed by atoms with Gasteiger partial charge < -0.3 is 40.9 Å². The Morgan fingerprint density at radius 1 is 0.900 bits per heavy atom. The van der Waals surface area contributed by atoms with Gasteiger partial charge in [-0.3, -0.25) is 0 Å². The Bertz CT molecular complexity index is 284. The van der Waals surface area contributed by atoms with E-state index in [2.05, 4.69) is 0 Å². The Kier molecular flexibility index (Phi) is 15.8. The van der Waals surface area contributed by atoms with Crippen LogP contribution in [0.25, 0.3) is 0 Å². The van der Waals surface area contributed by atoms with Crippen LogP contribution in [-0.2, 0) is 9.59 Å². The van der Waals surface area contributed by atoms with Gasteiger partial charge in [-0.1, -0.05) is 0 Å². The average molecular weight is 328 g/mol. The molecule has 118 valence electrons. The molecule has 0 fully saturated rings. The first kappa shape index (κ1) is 24.9. The monoisotopic (exact) mass is 328 g/mol. The number of carboxylic acids is 2. The molecule has 0 aliphatic rings. The van der Waals surface area contributed by atoms with E-state index in [-0.39, 0.29) is 37.7 Å². The predicted octanol–water partition coefficient (Wildman–Crippen LogP) is -4.96. The van der Waals surface area contributed by atoms with E-state index >= 15 is 0 Å². The van der Waals surface area contributed by atoms with Gasteiger partial charge in [-0.05, 0) is 6.92 Å². The van der Waals surface area contributed by atoms with Crippen LogP contribution in [-0.4, -0.2) is 128 Å². The van der Waals surface area contributed by atoms with Crippen LogP contribution < -0.4 is 0 Å². The third kappa shape index (κ3) is 10.7. The first-order valence-corrected chi connectivity index (χ1v) is 5.03. The van der Waals surface area contributed by atoms with Crippen molar-refractivity contribution in [1.29, 1.82) is 0 Å². The van der Waals surface area contributed by atoms with Crippen molar-refractivity contribution in [3.63, 3.8) is 0 Å². The Hall–Kier alpha value is -0.0403. The van der Waals surface area contributed by atoms with Crippen LogP contribution >= 0.6 is 0 Å². The molecule has 5 atom stereocenters. The van der Waals surface area contributed by atoms with Crippen LogP contribution in [0.4, 0.5) is 0 Å². The van der Waals surface area contributed by atoms with Gasteiger partial charge in [0.25, 0.3) is 0 Å². The minimum atomic E-state index is -2.20. The number of carboxylic acid groups (broad SMARTS) is 2. The SMILES string of the molecule is CC(O)C(=O)O.O=C(O)C(O)C(O)C(O)C(O)CO.[CaH2]. The van der Waals surface area contributed by atoms with Crippen LogP contribution in [0.3, 0.4) is 0 Å². The summed E-state index contributed by atoms with van der Waals surface area (Å²) in [6, 6.07) is 0. The second-order valence-electron chi connectivity index (χ2n) is 3.53. The summed E-state index contributed by atoms with van der Waals surface area (Å²) in [5.74, 6) is -2.91. The number of aliphatic carboxylic acids is 2. The molecule has 0 bridgehead atoms. The first-order chi connectivity index (χ1) is 8.56. The topological polar surface area (TPSA) is 196 Å². The molecule has 0 rings (SSSR count). The number of carbonyl (C=O) groups is 2. The molecule has 20 heavy (non-hydrogen) atoms. The Morgan fingerprint density at radius 2 is 1.25 bits per heavy atom. The second kappa shape index (κ2) is 12.7. The van der Waals surface area contributed by atoms with Gasteiger partial charge in [-0.2, -0.15) is 0 Å². The fourth-order valence-electron chi connectivity index (χ4n) is 0.668. The number of hydrogen-bond acceptors (Lipinski definition) is 8. The van der Waals surface area contributed by atoms with Crippen molar-refractivity contribution in [3.05, 3.63) is 0 Å². The summed E-state index contributed by atoms with van der Waals surface area (Å²) in [4.78, 5) is 19.5. The van der Waals surface area contributed by atoms with E-state index < -0.39 is 49.1 Å². The maximum absolute atomic E-state index is 10.1. The van der Waals surface area contributed by atoms with E-state index in [4.69, 9.17) is 40.9 Å². The normalized spacial score (nSPS) is 17.4. The van der Waals surface area contributed by atoms with Gasteiger partial charge in [0, 0.05) is 0 Å². The standard InChI is InChI=1S/C6H12O7.C3H6O3.Ca.2H/c7-1-2(8)3(9)4(10)5(11)6(12)13;1-2(4)3(5)6;;;/h2-5,7-11H,1H2,(H,12,13);2,4H,1H3,(H,5,6);;;. The van der Waals surface area contributed by atoms with Crippen LogP contribution in [0.1, 0.15) is 6.92 Å². The molecule has 0 saturated carbocycles. The van der Waals surface area contributed by atoms with Crippen LogP contribution in [0.5, 0.6) is 0 Å². The van der Waals surface area contributed by atoms with Crippen molar-refractivity contribution in [1.82, 2.24) is 0 Å². The molecule has 11 heteroatoms. The molecular weight excluding hydrogens is 308 g/mol. The third-order valence-electron chi connectivity index (χ3n) is 1.87. The summed E-state index contributed by atoms with van der Waals surface area (Å²) in [5.41, 5.74) is 0. The van der Waals surface area contributed by atoms with Crippen molar-refractivity contribution in [2.45, 2.75) is 37.4 Å². The van der Waals surface area contributed by atoms with Crippen molar-refractivity contribution >= 4 is 49.7 Å². The number of rotatable bonds is 6. The first-order valence-electron chi connectivity index (χ1n) is 5.03. The fourth-order valence-corrected chi connectivity index (χ4v) is 0.668. The average Bonchev–Trinajstić information content (AvgIpc) is 2.35. The molecule has 0 aliphatic carbocycles. The number of aliphatic hydroxyl groups is 6. The van der Waals surface area contributed by atoms with Crippen molar-refractivity contribution in [3.8, 4) is 0 Å². The van der Waals surface area contributed by atoms with Crippen LogP contribution in [0.2, 0.25) is 0 Å². The molecule has 0 aromatic heterocycles. The van der Waals surface area contributed by atoms with Gasteiger partial charge in [0.15, 0.2) is 6.10 Å². The fraction of sp³-hybridized carbons (Fsp3) is 0.778. The zero-order valence-corrected chi connectivity index (χ0v) is 9.99. The van der Waals surface area contributed by atoms with E-state index in [0.717, 1.165) is 0 Å². The van der Waals surface area contributed by atoms with Crippen molar-refractivity contribution in [2.24, 2.45) is 0 Å². The molecule has 0 radical (unpaired) electrons. The summed E-state index contributed by atoms with van der Waals surface area (Å²) < 4.78 is 0. The molecule has 0 aliphatic heterocycles. The molecule has 10 nitrogen and oxygen atoms in total. The summed E-state index contributed by atoms with van der Waals surface area (Å²) in [5, 5.41) is 67.6. The van der Waals surface area contributed by atoms with Crippen LogP contribution in [0, 0.1) is 0 Å². The Morgan fingerprint density at radius 3 is 1.45 bits per heavy atom. The summed E-state index contributed by atoms with van der Waals surface area (Å²) in [6.45, 7) is 0.354. The van der Waals surface area contributed by atoms with Gasteiger partial charge >= 0.3 is 49.7 Å². The van der Waals surface area contributed by atoms with Crippen molar-refractivity contribution in [2.75, 3.05) is 6.61 Å². The molecule has 0 spiro atoms. The molecule has 8 N–H and O–H groups in total. The molecular formula is C9H20CaO10. The Balaban J connectivity index is -0.000000352. The number of hydrogen-bond donors (Lipinski definition) is 8. The molecule has 5 unspecified atom stereocenters. The number of aliphatic hydroxyl groups excluding tert-OH is 6. The minimum absolute atomic E-state index is 0. The summed E-state index contributed by atoms with van der Waals surface area (Å²) in [6.07, 6.45) is -9.07. The van der Waals surface area contributed by atoms with E-state index in [9.17, 15) is 9.59 Å². The molecule has 0 aromatic rings. The zero-order chi connectivity index (χ0) is 15.7. The second-order valence-corrected chi connectivity index (χ2v) is 3.53. The van der Waals surface area contributed by atoms with Gasteiger partial charge in [-0.15, -0.1) is 0 Å². The third-order valence-corrected chi connectivity index (χ3v) is 1.87. The van der Waals surface area contributed by atoms with E-state index in [1.807, 2.05) is 0 Å². The van der Waals surface area contributed by atoms with Gasteiger partial charge in [0.05, 0.1) is 6.61 Å². The van der Waals surface area contributed by atoms with E-state index in [0.29, 0.717) is 0 Å². The van der Waals surface area contributed by atoms with Gasteiger partial charge in [-0.25, -0.2) is 9.59 Å². The van der Waals surface area contributed by atoms with Crippen molar-refractivity contribution < 1.29 is 50.4 Å². The van der Waals surface area contributed by atoms with Crippen LogP contribution in [0.15, 0.2) is 0 Å². The molecule has 0 amide bonds. The van der Waals surface area contributed by atoms with E-state index in [1.54, 1.807) is 0 Å². The molecule has 0 saturated heterocycles. The predicted molar refractivity (Wildman–Crippen MR) is 66.6 cm³/mol. The van der Waals surface area contributed by atoms with E-state index in [1.165, 1.54) is 6.92 Å². The maximum atomic E-state index is 10.1. The molecule has 0 aromatic carbocycles. The molecule has 0 heterocycles. The quantitative estimate of drug-likeness (QED) is 0.219. The zero-order valence-electron chi connectivity index (χ0n) is 9.99. The summed E-state index contributed by atoms with van der Waals surface area (Å²) in [7, 11) is 0. The summed E-state index contributed by atoms with van der Waals surface area (Å²) >= 11 is 0. The van der Waals surface area contributed by atoms with Gasteiger partial charge in [0.2, 0.25) is 0 Å².